The molecule has 0 saturated heterocycles. The maximum atomic E-state index is 12.8. The van der Waals surface area contributed by atoms with Crippen molar-refractivity contribution >= 4 is 38.9 Å². The maximum Gasteiger partial charge on any atom is 0.261 e. The van der Waals surface area contributed by atoms with E-state index < -0.39 is 10.0 Å². The summed E-state index contributed by atoms with van der Waals surface area (Å²) in [5, 5.41) is 3.42. The third-order valence-corrected chi connectivity index (χ3v) is 6.30. The molecule has 0 saturated carbocycles. The Kier molecular flexibility index (Phi) is 5.65. The molecular weight excluding hydrogens is 424 g/mol. The topological polar surface area (TPSA) is 84.5 Å². The van der Waals surface area contributed by atoms with Gasteiger partial charge in [-0.3, -0.25) is 9.52 Å². The quantitative estimate of drug-likeness (QED) is 0.568. The number of rotatable bonds is 5. The number of ether oxygens (including phenoxy) is 1. The van der Waals surface area contributed by atoms with E-state index in [1.807, 2.05) is 0 Å². The number of sulfonamides is 1. The molecule has 154 valence electrons. The summed E-state index contributed by atoms with van der Waals surface area (Å²) in [5.74, 6) is 1.15. The summed E-state index contributed by atoms with van der Waals surface area (Å²) in [6, 6.07) is 18.3. The van der Waals surface area contributed by atoms with Crippen LogP contribution in [0.4, 0.5) is 11.4 Å². The number of aryl methyl sites for hydroxylation is 1. The number of benzene rings is 3. The van der Waals surface area contributed by atoms with Crippen molar-refractivity contribution < 1.29 is 17.9 Å². The number of halogens is 1. The van der Waals surface area contributed by atoms with E-state index in [0.717, 1.165) is 5.56 Å². The van der Waals surface area contributed by atoms with Crippen molar-refractivity contribution in [1.82, 2.24) is 0 Å². The first-order valence-electron chi connectivity index (χ1n) is 9.38. The van der Waals surface area contributed by atoms with Gasteiger partial charge in [0.2, 0.25) is 5.91 Å². The minimum atomic E-state index is -3.77. The van der Waals surface area contributed by atoms with Crippen LogP contribution in [0, 0.1) is 0 Å². The maximum absolute atomic E-state index is 12.8. The van der Waals surface area contributed by atoms with Crippen molar-refractivity contribution in [2.75, 3.05) is 10.0 Å². The summed E-state index contributed by atoms with van der Waals surface area (Å²) in [5.41, 5.74) is 1.90. The molecule has 30 heavy (non-hydrogen) atoms. The van der Waals surface area contributed by atoms with Gasteiger partial charge in [0.25, 0.3) is 10.0 Å². The molecule has 4 rings (SSSR count). The first-order chi connectivity index (χ1) is 14.4. The van der Waals surface area contributed by atoms with Gasteiger partial charge in [-0.25, -0.2) is 8.42 Å². The lowest BCUT2D eigenvalue weighted by Crippen LogP contribution is -2.14. The van der Waals surface area contributed by atoms with Crippen molar-refractivity contribution in [3.63, 3.8) is 0 Å². The highest BCUT2D eigenvalue weighted by Gasteiger charge is 2.19. The number of carbonyl (C=O) groups is 1. The summed E-state index contributed by atoms with van der Waals surface area (Å²) < 4.78 is 33.9. The normalized spacial score (nSPS) is 13.7. The highest BCUT2D eigenvalue weighted by atomic mass is 35.5. The average Bonchev–Trinajstić information content (AvgIpc) is 2.91. The number of anilines is 2. The Bertz CT molecular complexity index is 1180. The summed E-state index contributed by atoms with van der Waals surface area (Å²) in [6.07, 6.45) is 1.76. The molecule has 2 N–H and O–H groups in total. The second-order valence-corrected chi connectivity index (χ2v) is 9.03. The lowest BCUT2D eigenvalue weighted by Gasteiger charge is -2.12. The number of carbonyl (C=O) groups excluding carboxylic acids is 1. The van der Waals surface area contributed by atoms with Gasteiger partial charge in [-0.2, -0.15) is 0 Å². The molecule has 3 aromatic rings. The van der Waals surface area contributed by atoms with Crippen molar-refractivity contribution in [3.8, 4) is 11.5 Å². The van der Waals surface area contributed by atoms with E-state index in [2.05, 4.69) is 10.0 Å². The van der Waals surface area contributed by atoms with Crippen LogP contribution in [0.5, 0.6) is 11.5 Å². The largest absolute Gasteiger partial charge is 0.457 e. The third-order valence-electron chi connectivity index (χ3n) is 4.67. The minimum Gasteiger partial charge on any atom is -0.457 e. The predicted molar refractivity (Wildman–Crippen MR) is 117 cm³/mol. The lowest BCUT2D eigenvalue weighted by atomic mass is 10.1. The highest BCUT2D eigenvalue weighted by Crippen LogP contribution is 2.28. The van der Waals surface area contributed by atoms with Crippen LogP contribution in [0.3, 0.4) is 0 Å². The molecule has 3 aromatic carbocycles. The van der Waals surface area contributed by atoms with Crippen molar-refractivity contribution in [2.45, 2.75) is 24.2 Å². The van der Waals surface area contributed by atoms with Gasteiger partial charge in [0, 0.05) is 22.8 Å². The Morgan fingerprint density at radius 3 is 2.27 bits per heavy atom. The summed E-state index contributed by atoms with van der Waals surface area (Å²) >= 11 is 5.86. The van der Waals surface area contributed by atoms with Crippen LogP contribution in [0.1, 0.15) is 18.4 Å². The van der Waals surface area contributed by atoms with E-state index in [-0.39, 0.29) is 10.8 Å². The van der Waals surface area contributed by atoms with Crippen LogP contribution in [0.25, 0.3) is 0 Å². The Hall–Kier alpha value is -3.03. The lowest BCUT2D eigenvalue weighted by molar-refractivity contribution is -0.116. The molecule has 1 amide bonds. The smallest absolute Gasteiger partial charge is 0.261 e. The summed E-state index contributed by atoms with van der Waals surface area (Å²) in [6.45, 7) is 0. The molecule has 0 aliphatic carbocycles. The Balaban J connectivity index is 1.48. The van der Waals surface area contributed by atoms with E-state index in [0.29, 0.717) is 47.2 Å². The molecule has 0 atom stereocenters. The fraction of sp³-hybridized carbons (Fsp3) is 0.136. The van der Waals surface area contributed by atoms with E-state index in [9.17, 15) is 13.2 Å². The summed E-state index contributed by atoms with van der Waals surface area (Å²) in [4.78, 5) is 11.8. The zero-order valence-electron chi connectivity index (χ0n) is 15.9. The van der Waals surface area contributed by atoms with E-state index in [4.69, 9.17) is 16.3 Å². The highest BCUT2D eigenvalue weighted by molar-refractivity contribution is 7.92. The number of amides is 1. The summed E-state index contributed by atoms with van der Waals surface area (Å²) in [7, 11) is -3.77. The first kappa shape index (κ1) is 20.3. The van der Waals surface area contributed by atoms with Gasteiger partial charge in [-0.15, -0.1) is 0 Å². The van der Waals surface area contributed by atoms with Gasteiger partial charge in [-0.1, -0.05) is 11.6 Å². The Morgan fingerprint density at radius 2 is 1.57 bits per heavy atom. The molecule has 0 spiro atoms. The van der Waals surface area contributed by atoms with E-state index in [1.165, 1.54) is 6.07 Å². The minimum absolute atomic E-state index is 0.0524. The van der Waals surface area contributed by atoms with E-state index >= 15 is 0 Å². The number of nitrogens with one attached hydrogen (secondary N) is 2. The molecule has 6 nitrogen and oxygen atoms in total. The Morgan fingerprint density at radius 1 is 0.900 bits per heavy atom. The second-order valence-electron chi connectivity index (χ2n) is 6.91. The monoisotopic (exact) mass is 442 g/mol. The van der Waals surface area contributed by atoms with Gasteiger partial charge in [0.1, 0.15) is 11.5 Å². The van der Waals surface area contributed by atoms with Crippen LogP contribution in [0.15, 0.2) is 71.6 Å². The van der Waals surface area contributed by atoms with Gasteiger partial charge in [0.15, 0.2) is 0 Å². The van der Waals surface area contributed by atoms with Gasteiger partial charge in [-0.05, 0) is 85.1 Å². The SMILES string of the molecule is O=C1CCCc2cc(S(=O)(=O)Nc3ccc(Oc4ccc(Cl)cc4)cc3)ccc2N1. The van der Waals surface area contributed by atoms with Crippen molar-refractivity contribution in [2.24, 2.45) is 0 Å². The average molecular weight is 443 g/mol. The van der Waals surface area contributed by atoms with Gasteiger partial charge >= 0.3 is 0 Å². The molecule has 0 bridgehead atoms. The van der Waals surface area contributed by atoms with Crippen LogP contribution < -0.4 is 14.8 Å². The molecular formula is C22H19ClN2O4S. The van der Waals surface area contributed by atoms with Crippen molar-refractivity contribution in [3.05, 3.63) is 77.3 Å². The first-order valence-corrected chi connectivity index (χ1v) is 11.2. The van der Waals surface area contributed by atoms with Crippen LogP contribution in [-0.2, 0) is 21.2 Å². The molecule has 0 unspecified atom stereocenters. The molecule has 1 aliphatic heterocycles. The number of hydrogen-bond acceptors (Lipinski definition) is 4. The molecule has 0 aromatic heterocycles. The van der Waals surface area contributed by atoms with Crippen LogP contribution in [-0.4, -0.2) is 14.3 Å². The fourth-order valence-corrected chi connectivity index (χ4v) is 4.40. The predicted octanol–water partition coefficient (Wildman–Crippen LogP) is 5.21. The van der Waals surface area contributed by atoms with Crippen molar-refractivity contribution in [1.29, 1.82) is 0 Å². The zero-order chi connectivity index (χ0) is 21.1. The third kappa shape index (κ3) is 4.75. The molecule has 1 heterocycles. The molecule has 0 radical (unpaired) electrons. The van der Waals surface area contributed by atoms with E-state index in [1.54, 1.807) is 60.7 Å². The van der Waals surface area contributed by atoms with Gasteiger partial charge in [0.05, 0.1) is 4.90 Å². The standard InChI is InChI=1S/C22H19ClN2O4S/c23-16-4-8-18(9-5-16)29-19-10-6-17(7-11-19)25-30(27,28)20-12-13-21-15(14-20)2-1-3-22(26)24-21/h4-14,25H,1-3H2,(H,24,26). The van der Waals surface area contributed by atoms with Crippen LogP contribution in [0.2, 0.25) is 5.02 Å². The second kappa shape index (κ2) is 8.38. The number of fused-ring (bicyclic) bond motifs is 1. The number of hydrogen-bond donors (Lipinski definition) is 2. The Labute approximate surface area is 179 Å². The molecule has 1 aliphatic rings. The zero-order valence-corrected chi connectivity index (χ0v) is 17.5. The van der Waals surface area contributed by atoms with Gasteiger partial charge < -0.3 is 10.1 Å². The molecule has 0 fully saturated rings. The molecule has 8 heteroatoms. The van der Waals surface area contributed by atoms with Crippen LogP contribution >= 0.6 is 11.6 Å². The fourth-order valence-electron chi connectivity index (χ4n) is 3.16.